The lowest BCUT2D eigenvalue weighted by Gasteiger charge is -2.25. The first kappa shape index (κ1) is 15.7. The minimum Gasteiger partial charge on any atom is -0.388 e. The lowest BCUT2D eigenvalue weighted by atomic mass is 9.94. The number of aryl methyl sites for hydroxylation is 1. The second-order valence-electron chi connectivity index (χ2n) is 5.86. The Morgan fingerprint density at radius 1 is 1.32 bits per heavy atom. The van der Waals surface area contributed by atoms with Gasteiger partial charge in [0.25, 0.3) is 0 Å². The Hall–Kier alpha value is -1.35. The van der Waals surface area contributed by atoms with Gasteiger partial charge in [0.1, 0.15) is 0 Å². The summed E-state index contributed by atoms with van der Waals surface area (Å²) in [5, 5.41) is 12.9. The molecule has 3 nitrogen and oxygen atoms in total. The maximum Gasteiger partial charge on any atom is 0.220 e. The maximum atomic E-state index is 11.7. The van der Waals surface area contributed by atoms with Crippen molar-refractivity contribution in [1.29, 1.82) is 0 Å². The Morgan fingerprint density at radius 2 is 1.95 bits per heavy atom. The van der Waals surface area contributed by atoms with Gasteiger partial charge in [0.2, 0.25) is 5.91 Å². The molecular weight excluding hydrogens is 238 g/mol. The molecule has 0 radical (unpaired) electrons. The maximum absolute atomic E-state index is 11.7. The molecule has 0 fully saturated rings. The second-order valence-corrected chi connectivity index (χ2v) is 5.86. The molecule has 0 heterocycles. The highest BCUT2D eigenvalue weighted by molar-refractivity contribution is 5.76. The summed E-state index contributed by atoms with van der Waals surface area (Å²) in [4.78, 5) is 11.7. The summed E-state index contributed by atoms with van der Waals surface area (Å²) in [6.45, 7) is 6.21. The molecule has 1 aromatic carbocycles. The Kier molecular flexibility index (Phi) is 6.03. The van der Waals surface area contributed by atoms with Gasteiger partial charge < -0.3 is 10.4 Å². The zero-order valence-electron chi connectivity index (χ0n) is 12.1. The van der Waals surface area contributed by atoms with E-state index in [0.29, 0.717) is 25.3 Å². The van der Waals surface area contributed by atoms with Gasteiger partial charge in [0, 0.05) is 13.0 Å². The van der Waals surface area contributed by atoms with Crippen molar-refractivity contribution in [3.8, 4) is 0 Å². The van der Waals surface area contributed by atoms with Gasteiger partial charge in [-0.2, -0.15) is 0 Å². The molecule has 0 spiro atoms. The number of hydrogen-bond donors (Lipinski definition) is 2. The molecule has 0 saturated carbocycles. The molecule has 19 heavy (non-hydrogen) atoms. The van der Waals surface area contributed by atoms with Gasteiger partial charge in [-0.15, -0.1) is 0 Å². The molecule has 3 heteroatoms. The van der Waals surface area contributed by atoms with E-state index in [9.17, 15) is 9.90 Å². The van der Waals surface area contributed by atoms with Crippen LogP contribution in [0.25, 0.3) is 0 Å². The van der Waals surface area contributed by atoms with E-state index in [-0.39, 0.29) is 5.91 Å². The van der Waals surface area contributed by atoms with Crippen molar-refractivity contribution >= 4 is 5.91 Å². The molecule has 0 bridgehead atoms. The Bertz CT molecular complexity index is 385. The molecule has 2 N–H and O–H groups in total. The monoisotopic (exact) mass is 263 g/mol. The molecule has 0 aliphatic heterocycles. The van der Waals surface area contributed by atoms with Crippen LogP contribution in [0.15, 0.2) is 30.3 Å². The fourth-order valence-electron chi connectivity index (χ4n) is 2.23. The van der Waals surface area contributed by atoms with E-state index >= 15 is 0 Å². The molecule has 106 valence electrons. The molecule has 0 aliphatic rings. The van der Waals surface area contributed by atoms with Crippen LogP contribution in [0.2, 0.25) is 0 Å². The summed E-state index contributed by atoms with van der Waals surface area (Å²) in [7, 11) is 0. The third kappa shape index (κ3) is 6.97. The van der Waals surface area contributed by atoms with Crippen LogP contribution in [0, 0.1) is 5.92 Å². The summed E-state index contributed by atoms with van der Waals surface area (Å²) in [6.07, 6.45) is 1.88. The van der Waals surface area contributed by atoms with Gasteiger partial charge in [-0.05, 0) is 31.2 Å². The van der Waals surface area contributed by atoms with Crippen LogP contribution in [-0.4, -0.2) is 23.2 Å². The normalized spacial score (nSPS) is 14.2. The fourth-order valence-corrected chi connectivity index (χ4v) is 2.23. The van der Waals surface area contributed by atoms with Crippen LogP contribution in [0.1, 0.15) is 39.2 Å². The third-order valence-electron chi connectivity index (χ3n) is 3.00. The van der Waals surface area contributed by atoms with Crippen molar-refractivity contribution in [1.82, 2.24) is 5.32 Å². The van der Waals surface area contributed by atoms with Gasteiger partial charge in [0.05, 0.1) is 5.60 Å². The Labute approximate surface area is 116 Å². The minimum absolute atomic E-state index is 0.00659. The summed E-state index contributed by atoms with van der Waals surface area (Å²) in [5.74, 6) is 0.407. The van der Waals surface area contributed by atoms with Crippen LogP contribution in [0.5, 0.6) is 0 Å². The fraction of sp³-hybridized carbons (Fsp3) is 0.562. The van der Waals surface area contributed by atoms with Gasteiger partial charge >= 0.3 is 0 Å². The summed E-state index contributed by atoms with van der Waals surface area (Å²) in [5.41, 5.74) is 0.336. The zero-order valence-corrected chi connectivity index (χ0v) is 12.1. The van der Waals surface area contributed by atoms with E-state index in [4.69, 9.17) is 0 Å². The van der Waals surface area contributed by atoms with Crippen LogP contribution in [-0.2, 0) is 11.2 Å². The van der Waals surface area contributed by atoms with Gasteiger partial charge in [0.15, 0.2) is 0 Å². The number of aliphatic hydroxyl groups is 1. The van der Waals surface area contributed by atoms with E-state index in [1.54, 1.807) is 6.92 Å². The smallest absolute Gasteiger partial charge is 0.220 e. The zero-order chi connectivity index (χ0) is 14.3. The van der Waals surface area contributed by atoms with E-state index < -0.39 is 5.60 Å². The van der Waals surface area contributed by atoms with Crippen LogP contribution in [0.4, 0.5) is 0 Å². The lowest BCUT2D eigenvalue weighted by Crippen LogP contribution is -2.41. The predicted molar refractivity (Wildman–Crippen MR) is 77.9 cm³/mol. The average molecular weight is 263 g/mol. The molecule has 1 rings (SSSR count). The van der Waals surface area contributed by atoms with E-state index in [2.05, 4.69) is 19.2 Å². The molecular formula is C16H25NO2. The molecule has 1 aromatic rings. The van der Waals surface area contributed by atoms with Crippen molar-refractivity contribution in [3.63, 3.8) is 0 Å². The number of carbonyl (C=O) groups is 1. The van der Waals surface area contributed by atoms with Crippen molar-refractivity contribution in [2.24, 2.45) is 5.92 Å². The molecule has 0 saturated heterocycles. The van der Waals surface area contributed by atoms with Crippen molar-refractivity contribution in [2.45, 2.75) is 45.6 Å². The largest absolute Gasteiger partial charge is 0.388 e. The first-order valence-corrected chi connectivity index (χ1v) is 6.92. The van der Waals surface area contributed by atoms with E-state index in [0.717, 1.165) is 12.0 Å². The number of benzene rings is 1. The highest BCUT2D eigenvalue weighted by atomic mass is 16.3. The molecule has 1 atom stereocenters. The second kappa shape index (κ2) is 7.29. The first-order valence-electron chi connectivity index (χ1n) is 6.92. The lowest BCUT2D eigenvalue weighted by molar-refractivity contribution is -0.122. The Balaban J connectivity index is 2.28. The minimum atomic E-state index is -0.823. The van der Waals surface area contributed by atoms with Crippen molar-refractivity contribution in [3.05, 3.63) is 35.9 Å². The molecule has 0 aromatic heterocycles. The van der Waals surface area contributed by atoms with Crippen molar-refractivity contribution in [2.75, 3.05) is 6.54 Å². The SMILES string of the molecule is CC(C)CC(C)(O)CNC(=O)CCc1ccccc1. The predicted octanol–water partition coefficient (Wildman–Crippen LogP) is 2.53. The quantitative estimate of drug-likeness (QED) is 0.794. The topological polar surface area (TPSA) is 49.3 Å². The highest BCUT2D eigenvalue weighted by Crippen LogP contribution is 2.15. The van der Waals surface area contributed by atoms with Gasteiger partial charge in [-0.3, -0.25) is 4.79 Å². The van der Waals surface area contributed by atoms with Crippen LogP contribution >= 0.6 is 0 Å². The number of rotatable bonds is 7. The number of nitrogens with one attached hydrogen (secondary N) is 1. The van der Waals surface area contributed by atoms with E-state index in [1.165, 1.54) is 0 Å². The number of carbonyl (C=O) groups excluding carboxylic acids is 1. The average Bonchev–Trinajstić information content (AvgIpc) is 2.34. The molecule has 1 unspecified atom stereocenters. The highest BCUT2D eigenvalue weighted by Gasteiger charge is 2.22. The van der Waals surface area contributed by atoms with E-state index in [1.807, 2.05) is 30.3 Å². The van der Waals surface area contributed by atoms with Crippen LogP contribution < -0.4 is 5.32 Å². The first-order chi connectivity index (χ1) is 8.89. The van der Waals surface area contributed by atoms with Crippen LogP contribution in [0.3, 0.4) is 0 Å². The molecule has 0 aliphatic carbocycles. The van der Waals surface area contributed by atoms with Crippen molar-refractivity contribution < 1.29 is 9.90 Å². The Morgan fingerprint density at radius 3 is 2.53 bits per heavy atom. The summed E-state index contributed by atoms with van der Waals surface area (Å²) < 4.78 is 0. The third-order valence-corrected chi connectivity index (χ3v) is 3.00. The van der Waals surface area contributed by atoms with Gasteiger partial charge in [-0.1, -0.05) is 44.2 Å². The summed E-state index contributed by atoms with van der Waals surface area (Å²) in [6, 6.07) is 9.94. The number of hydrogen-bond acceptors (Lipinski definition) is 2. The summed E-state index contributed by atoms with van der Waals surface area (Å²) >= 11 is 0. The van der Waals surface area contributed by atoms with Gasteiger partial charge in [-0.25, -0.2) is 0 Å². The number of amides is 1. The molecule has 1 amide bonds. The standard InChI is InChI=1S/C16H25NO2/c1-13(2)11-16(3,19)12-17-15(18)10-9-14-7-5-4-6-8-14/h4-8,13,19H,9-12H2,1-3H3,(H,17,18).